The first-order chi connectivity index (χ1) is 14.4. The van der Waals surface area contributed by atoms with Crippen molar-refractivity contribution in [1.29, 1.82) is 0 Å². The SMILES string of the molecule is COc1cc(NC(=O)c2ccc(COc3ccc(F)cc3Cl)o2)ccc1OC(F)F. The Morgan fingerprint density at radius 3 is 2.57 bits per heavy atom. The number of alkyl halides is 2. The van der Waals surface area contributed by atoms with E-state index in [1.807, 2.05) is 0 Å². The van der Waals surface area contributed by atoms with Gasteiger partial charge in [0.2, 0.25) is 0 Å². The number of amides is 1. The van der Waals surface area contributed by atoms with Crippen molar-refractivity contribution < 1.29 is 36.6 Å². The van der Waals surface area contributed by atoms with Gasteiger partial charge in [-0.1, -0.05) is 11.6 Å². The number of halogens is 4. The zero-order chi connectivity index (χ0) is 21.7. The molecule has 0 aliphatic carbocycles. The number of rotatable bonds is 8. The van der Waals surface area contributed by atoms with Crippen LogP contribution in [0, 0.1) is 5.82 Å². The van der Waals surface area contributed by atoms with Crippen molar-refractivity contribution in [3.63, 3.8) is 0 Å². The van der Waals surface area contributed by atoms with Gasteiger partial charge in [-0.15, -0.1) is 0 Å². The highest BCUT2D eigenvalue weighted by molar-refractivity contribution is 6.32. The van der Waals surface area contributed by atoms with E-state index in [0.717, 1.165) is 6.07 Å². The standard InChI is InChI=1S/C20H15ClF3NO5/c1-27-18-9-12(3-6-16(18)30-20(23)24)25-19(26)17-7-4-13(29-17)10-28-15-5-2-11(22)8-14(15)21/h2-9,20H,10H2,1H3,(H,25,26). The molecule has 10 heteroatoms. The Kier molecular flexibility index (Phi) is 6.73. The van der Waals surface area contributed by atoms with E-state index in [0.29, 0.717) is 5.76 Å². The lowest BCUT2D eigenvalue weighted by Gasteiger charge is -2.11. The van der Waals surface area contributed by atoms with Crippen molar-refractivity contribution in [1.82, 2.24) is 0 Å². The van der Waals surface area contributed by atoms with Gasteiger partial charge in [-0.25, -0.2) is 4.39 Å². The molecule has 1 heterocycles. The van der Waals surface area contributed by atoms with E-state index in [-0.39, 0.29) is 40.3 Å². The first kappa shape index (κ1) is 21.4. The Morgan fingerprint density at radius 1 is 1.10 bits per heavy atom. The molecule has 0 radical (unpaired) electrons. The summed E-state index contributed by atoms with van der Waals surface area (Å²) in [5.41, 5.74) is 0.283. The molecule has 158 valence electrons. The summed E-state index contributed by atoms with van der Waals surface area (Å²) in [6, 6.07) is 10.6. The third kappa shape index (κ3) is 5.38. The molecule has 0 fully saturated rings. The molecular formula is C20H15ClF3NO5. The number of ether oxygens (including phenoxy) is 3. The molecule has 0 unspecified atom stereocenters. The lowest BCUT2D eigenvalue weighted by molar-refractivity contribution is -0.0512. The molecular weight excluding hydrogens is 427 g/mol. The highest BCUT2D eigenvalue weighted by Gasteiger charge is 2.15. The summed E-state index contributed by atoms with van der Waals surface area (Å²) in [6.07, 6.45) is 0. The van der Waals surface area contributed by atoms with Gasteiger partial charge in [0.25, 0.3) is 5.91 Å². The predicted molar refractivity (Wildman–Crippen MR) is 102 cm³/mol. The van der Waals surface area contributed by atoms with E-state index >= 15 is 0 Å². The molecule has 1 amide bonds. The van der Waals surface area contributed by atoms with Crippen molar-refractivity contribution >= 4 is 23.2 Å². The fourth-order valence-corrected chi connectivity index (χ4v) is 2.67. The monoisotopic (exact) mass is 441 g/mol. The first-order valence-corrected chi connectivity index (χ1v) is 8.84. The van der Waals surface area contributed by atoms with Crippen molar-refractivity contribution in [3.8, 4) is 17.2 Å². The molecule has 3 rings (SSSR count). The molecule has 1 aromatic heterocycles. The Balaban J connectivity index is 1.63. The summed E-state index contributed by atoms with van der Waals surface area (Å²) in [7, 11) is 1.28. The average molecular weight is 442 g/mol. The largest absolute Gasteiger partial charge is 0.493 e. The predicted octanol–water partition coefficient (Wildman–Crippen LogP) is 5.51. The van der Waals surface area contributed by atoms with E-state index in [1.54, 1.807) is 0 Å². The summed E-state index contributed by atoms with van der Waals surface area (Å²) in [4.78, 5) is 12.4. The van der Waals surface area contributed by atoms with Gasteiger partial charge in [0.05, 0.1) is 12.1 Å². The van der Waals surface area contributed by atoms with Crippen LogP contribution >= 0.6 is 11.6 Å². The van der Waals surface area contributed by atoms with Gasteiger partial charge >= 0.3 is 6.61 Å². The maximum atomic E-state index is 13.1. The molecule has 0 saturated heterocycles. The van der Waals surface area contributed by atoms with Crippen LogP contribution in [-0.4, -0.2) is 19.6 Å². The highest BCUT2D eigenvalue weighted by Crippen LogP contribution is 2.31. The van der Waals surface area contributed by atoms with Gasteiger partial charge in [-0.3, -0.25) is 4.79 Å². The fourth-order valence-electron chi connectivity index (χ4n) is 2.45. The van der Waals surface area contributed by atoms with Crippen LogP contribution < -0.4 is 19.5 Å². The Hall–Kier alpha value is -3.33. The van der Waals surface area contributed by atoms with Gasteiger partial charge in [0.1, 0.15) is 23.9 Å². The topological polar surface area (TPSA) is 69.9 Å². The zero-order valence-electron chi connectivity index (χ0n) is 15.5. The van der Waals surface area contributed by atoms with Crippen molar-refractivity contribution in [3.05, 3.63) is 70.9 Å². The minimum atomic E-state index is -3.01. The lowest BCUT2D eigenvalue weighted by Crippen LogP contribution is -2.11. The van der Waals surface area contributed by atoms with Crippen LogP contribution in [-0.2, 0) is 6.61 Å². The van der Waals surface area contributed by atoms with Crippen molar-refractivity contribution in [2.75, 3.05) is 12.4 Å². The van der Waals surface area contributed by atoms with Crippen LogP contribution in [0.15, 0.2) is 52.9 Å². The minimum absolute atomic E-state index is 0.00863. The number of furan rings is 1. The number of methoxy groups -OCH3 is 1. The van der Waals surface area contributed by atoms with Gasteiger partial charge in [-0.2, -0.15) is 8.78 Å². The number of hydrogen-bond donors (Lipinski definition) is 1. The maximum Gasteiger partial charge on any atom is 0.387 e. The quantitative estimate of drug-likeness (QED) is 0.499. The van der Waals surface area contributed by atoms with Crippen molar-refractivity contribution in [2.24, 2.45) is 0 Å². The number of hydrogen-bond acceptors (Lipinski definition) is 5. The fraction of sp³-hybridized carbons (Fsp3) is 0.150. The molecule has 0 atom stereocenters. The molecule has 0 spiro atoms. The van der Waals surface area contributed by atoms with E-state index in [9.17, 15) is 18.0 Å². The number of carbonyl (C=O) groups excluding carboxylic acids is 1. The van der Waals surface area contributed by atoms with E-state index in [2.05, 4.69) is 10.1 Å². The maximum absolute atomic E-state index is 13.1. The van der Waals surface area contributed by atoms with E-state index < -0.39 is 18.3 Å². The smallest absolute Gasteiger partial charge is 0.387 e. The molecule has 3 aromatic rings. The van der Waals surface area contributed by atoms with Gasteiger partial charge < -0.3 is 23.9 Å². The summed E-state index contributed by atoms with van der Waals surface area (Å²) in [5.74, 6) is -0.622. The number of benzene rings is 2. The summed E-state index contributed by atoms with van der Waals surface area (Å²) in [5, 5.41) is 2.66. The Morgan fingerprint density at radius 2 is 1.87 bits per heavy atom. The van der Waals surface area contributed by atoms with Crippen LogP contribution in [0.4, 0.5) is 18.9 Å². The molecule has 0 saturated carbocycles. The first-order valence-electron chi connectivity index (χ1n) is 8.46. The molecule has 6 nitrogen and oxygen atoms in total. The normalized spacial score (nSPS) is 10.7. The van der Waals surface area contributed by atoms with E-state index in [4.69, 9.17) is 25.5 Å². The van der Waals surface area contributed by atoms with Crippen LogP contribution in [0.25, 0.3) is 0 Å². The Bertz CT molecular complexity index is 1040. The van der Waals surface area contributed by atoms with Gasteiger partial charge in [0, 0.05) is 11.8 Å². The van der Waals surface area contributed by atoms with Crippen molar-refractivity contribution in [2.45, 2.75) is 13.2 Å². The van der Waals surface area contributed by atoms with Crippen LogP contribution in [0.2, 0.25) is 5.02 Å². The third-order valence-electron chi connectivity index (χ3n) is 3.79. The minimum Gasteiger partial charge on any atom is -0.493 e. The average Bonchev–Trinajstić information content (AvgIpc) is 3.17. The molecule has 30 heavy (non-hydrogen) atoms. The second-order valence-electron chi connectivity index (χ2n) is 5.83. The summed E-state index contributed by atoms with van der Waals surface area (Å²) < 4.78 is 58.0. The second kappa shape index (κ2) is 9.45. The highest BCUT2D eigenvalue weighted by atomic mass is 35.5. The third-order valence-corrected chi connectivity index (χ3v) is 4.08. The Labute approximate surface area is 174 Å². The number of carbonyl (C=O) groups is 1. The molecule has 2 aromatic carbocycles. The molecule has 1 N–H and O–H groups in total. The van der Waals surface area contributed by atoms with Gasteiger partial charge in [-0.05, 0) is 42.5 Å². The summed E-state index contributed by atoms with van der Waals surface area (Å²) in [6.45, 7) is -3.04. The van der Waals surface area contributed by atoms with Crippen LogP contribution in [0.5, 0.6) is 17.2 Å². The number of nitrogens with one attached hydrogen (secondary N) is 1. The summed E-state index contributed by atoms with van der Waals surface area (Å²) >= 11 is 5.88. The lowest BCUT2D eigenvalue weighted by atomic mass is 10.2. The molecule has 0 aliphatic rings. The van der Waals surface area contributed by atoms with Gasteiger partial charge in [0.15, 0.2) is 17.3 Å². The van der Waals surface area contributed by atoms with Crippen LogP contribution in [0.1, 0.15) is 16.3 Å². The van der Waals surface area contributed by atoms with E-state index in [1.165, 1.54) is 49.6 Å². The molecule has 0 bridgehead atoms. The second-order valence-corrected chi connectivity index (χ2v) is 6.23. The van der Waals surface area contributed by atoms with Crippen LogP contribution in [0.3, 0.4) is 0 Å². The zero-order valence-corrected chi connectivity index (χ0v) is 16.2. The number of anilines is 1. The molecule has 0 aliphatic heterocycles.